The summed E-state index contributed by atoms with van der Waals surface area (Å²) in [4.78, 5) is 0. The summed E-state index contributed by atoms with van der Waals surface area (Å²) in [6.45, 7) is 6.05. The molecule has 0 saturated carbocycles. The van der Waals surface area contributed by atoms with Gasteiger partial charge in [-0.25, -0.2) is 0 Å². The van der Waals surface area contributed by atoms with E-state index in [2.05, 4.69) is 38.1 Å². The van der Waals surface area contributed by atoms with Crippen LogP contribution in [-0.2, 0) is 0 Å². The lowest BCUT2D eigenvalue weighted by molar-refractivity contribution is -0.585. The maximum atomic E-state index is 5.75. The van der Waals surface area contributed by atoms with Gasteiger partial charge in [0.2, 0.25) is 0 Å². The van der Waals surface area contributed by atoms with Gasteiger partial charge in [0.05, 0.1) is 13.2 Å². The average Bonchev–Trinajstić information content (AvgIpc) is 3.10. The smallest absolute Gasteiger partial charge is 0.381 e. The molecular formula is C16H22IO2S2+. The number of ether oxygens (including phenoxy) is 2. The first-order valence-corrected chi connectivity index (χ1v) is 11.2. The Hall–Kier alpha value is -0.270. The fourth-order valence-electron chi connectivity index (χ4n) is 1.58. The van der Waals surface area contributed by atoms with Crippen LogP contribution in [0.15, 0.2) is 24.3 Å². The summed E-state index contributed by atoms with van der Waals surface area (Å²) >= 11 is 3.51. The van der Waals surface area contributed by atoms with E-state index in [9.17, 15) is 0 Å². The molecule has 21 heavy (non-hydrogen) atoms. The maximum Gasteiger partial charge on any atom is 0.381 e. The monoisotopic (exact) mass is 437 g/mol. The van der Waals surface area contributed by atoms with Gasteiger partial charge in [-0.1, -0.05) is 49.4 Å². The van der Waals surface area contributed by atoms with E-state index in [1.165, 1.54) is 18.6 Å². The lowest BCUT2D eigenvalue weighted by Gasteiger charge is -1.99. The van der Waals surface area contributed by atoms with Crippen LogP contribution in [0.4, 0.5) is 0 Å². The predicted molar refractivity (Wildman–Crippen MR) is 86.8 cm³/mol. The van der Waals surface area contributed by atoms with Crippen molar-refractivity contribution in [2.75, 3.05) is 13.2 Å². The highest BCUT2D eigenvalue weighted by Gasteiger charge is 2.21. The van der Waals surface area contributed by atoms with Crippen molar-refractivity contribution in [2.45, 2.75) is 39.5 Å². The fraction of sp³-hybridized carbons (Fsp3) is 0.500. The molecule has 2 rings (SSSR count). The summed E-state index contributed by atoms with van der Waals surface area (Å²) in [5, 5.41) is 2.13. The van der Waals surface area contributed by atoms with Gasteiger partial charge in [0.25, 0.3) is 5.77 Å². The molecule has 0 aliphatic rings. The second kappa shape index (κ2) is 9.69. The molecule has 2 aromatic heterocycles. The average molecular weight is 437 g/mol. The SMILES string of the molecule is CCCCOc1ccc([I+]c2ccc(OCCCC)s2)s1. The Kier molecular flexibility index (Phi) is 7.88. The third-order valence-electron chi connectivity index (χ3n) is 2.77. The van der Waals surface area contributed by atoms with Gasteiger partial charge in [-0.15, -0.1) is 0 Å². The van der Waals surface area contributed by atoms with E-state index in [-0.39, 0.29) is 21.2 Å². The molecule has 0 amide bonds. The summed E-state index contributed by atoms with van der Waals surface area (Å²) in [6, 6.07) is 8.66. The zero-order valence-electron chi connectivity index (χ0n) is 12.6. The van der Waals surface area contributed by atoms with Crippen LogP contribution in [0.3, 0.4) is 0 Å². The maximum absolute atomic E-state index is 5.75. The van der Waals surface area contributed by atoms with Gasteiger partial charge >= 0.3 is 21.2 Å². The van der Waals surface area contributed by atoms with Gasteiger partial charge < -0.3 is 9.47 Å². The van der Waals surface area contributed by atoms with Crippen LogP contribution in [0.5, 0.6) is 10.1 Å². The highest BCUT2D eigenvalue weighted by Crippen LogP contribution is 2.21. The first-order chi connectivity index (χ1) is 10.3. The van der Waals surface area contributed by atoms with Crippen LogP contribution in [0.25, 0.3) is 0 Å². The summed E-state index contributed by atoms with van der Waals surface area (Å²) in [7, 11) is 0. The Labute approximate surface area is 145 Å². The molecule has 2 heterocycles. The van der Waals surface area contributed by atoms with Crippen molar-refractivity contribution in [1.82, 2.24) is 0 Å². The lowest BCUT2D eigenvalue weighted by Crippen LogP contribution is -3.61. The van der Waals surface area contributed by atoms with Crippen molar-refractivity contribution in [1.29, 1.82) is 0 Å². The van der Waals surface area contributed by atoms with E-state index >= 15 is 0 Å². The molecule has 2 aromatic rings. The number of halogens is 1. The molecule has 0 aliphatic heterocycles. The topological polar surface area (TPSA) is 18.5 Å². The Morgan fingerprint density at radius 2 is 1.29 bits per heavy atom. The van der Waals surface area contributed by atoms with E-state index in [4.69, 9.17) is 9.47 Å². The van der Waals surface area contributed by atoms with Crippen molar-refractivity contribution < 1.29 is 30.7 Å². The van der Waals surface area contributed by atoms with Crippen molar-refractivity contribution in [3.05, 3.63) is 30.0 Å². The number of unbranched alkanes of at least 4 members (excludes halogenated alkanes) is 2. The number of rotatable bonds is 10. The van der Waals surface area contributed by atoms with Gasteiger partial charge in [-0.3, -0.25) is 0 Å². The van der Waals surface area contributed by atoms with E-state index < -0.39 is 0 Å². The number of hydrogen-bond donors (Lipinski definition) is 0. The first-order valence-electron chi connectivity index (χ1n) is 7.42. The van der Waals surface area contributed by atoms with E-state index in [0.717, 1.165) is 36.2 Å². The van der Waals surface area contributed by atoms with Gasteiger partial charge in [0, 0.05) is 12.1 Å². The van der Waals surface area contributed by atoms with Crippen molar-refractivity contribution >= 4 is 22.7 Å². The van der Waals surface area contributed by atoms with E-state index in [0.29, 0.717) is 0 Å². The van der Waals surface area contributed by atoms with Crippen LogP contribution in [0, 0.1) is 5.77 Å². The number of hydrogen-bond acceptors (Lipinski definition) is 4. The minimum absolute atomic E-state index is 0.0920. The Balaban J connectivity index is 1.81. The molecule has 0 bridgehead atoms. The Morgan fingerprint density at radius 3 is 1.71 bits per heavy atom. The third kappa shape index (κ3) is 6.16. The van der Waals surface area contributed by atoms with Gasteiger partial charge in [-0.2, -0.15) is 0 Å². The molecule has 2 nitrogen and oxygen atoms in total. The lowest BCUT2D eigenvalue weighted by atomic mass is 10.4. The molecular weight excluding hydrogens is 415 g/mol. The molecule has 0 fully saturated rings. The third-order valence-corrected chi connectivity index (χ3v) is 8.48. The van der Waals surface area contributed by atoms with Crippen LogP contribution >= 0.6 is 22.7 Å². The van der Waals surface area contributed by atoms with Crippen LogP contribution in [0.1, 0.15) is 39.5 Å². The van der Waals surface area contributed by atoms with Crippen molar-refractivity contribution in [2.24, 2.45) is 0 Å². The summed E-state index contributed by atoms with van der Waals surface area (Å²) < 4.78 is 14.4. The highest BCUT2D eigenvalue weighted by molar-refractivity contribution is 7.12. The molecule has 0 atom stereocenters. The predicted octanol–water partition coefficient (Wildman–Crippen LogP) is 2.30. The van der Waals surface area contributed by atoms with Gasteiger partial charge in [0.1, 0.15) is 0 Å². The molecule has 0 radical (unpaired) electrons. The van der Waals surface area contributed by atoms with Gasteiger partial charge in [-0.05, 0) is 25.0 Å². The minimum atomic E-state index is -0.0920. The molecule has 5 heteroatoms. The molecule has 0 spiro atoms. The van der Waals surface area contributed by atoms with Crippen LogP contribution < -0.4 is 30.7 Å². The van der Waals surface area contributed by atoms with Crippen molar-refractivity contribution in [3.63, 3.8) is 0 Å². The standard InChI is InChI=1S/C16H22IO2S2/c1-3-5-11-18-15-9-7-13(20-15)17-14-8-10-16(21-14)19-12-6-4-2/h7-10H,3-6,11-12H2,1-2H3/q+1. The molecule has 0 aromatic carbocycles. The normalized spacial score (nSPS) is 10.8. The fourth-order valence-corrected chi connectivity index (χ4v) is 7.52. The molecule has 0 N–H and O–H groups in total. The first kappa shape index (κ1) is 17.1. The zero-order valence-corrected chi connectivity index (χ0v) is 16.4. The highest BCUT2D eigenvalue weighted by atomic mass is 127. The van der Waals surface area contributed by atoms with E-state index in [1.807, 2.05) is 0 Å². The quantitative estimate of drug-likeness (QED) is 0.420. The second-order valence-corrected chi connectivity index (χ2v) is 11.0. The summed E-state index contributed by atoms with van der Waals surface area (Å²) in [5.74, 6) is 0. The molecule has 0 saturated heterocycles. The summed E-state index contributed by atoms with van der Waals surface area (Å²) in [5.41, 5.74) is 0. The Morgan fingerprint density at radius 1 is 0.810 bits per heavy atom. The van der Waals surface area contributed by atoms with E-state index in [1.54, 1.807) is 22.7 Å². The van der Waals surface area contributed by atoms with Gasteiger partial charge in [0.15, 0.2) is 10.1 Å². The zero-order chi connectivity index (χ0) is 14.9. The van der Waals surface area contributed by atoms with Crippen LogP contribution in [0.2, 0.25) is 0 Å². The molecule has 116 valence electrons. The van der Waals surface area contributed by atoms with Crippen molar-refractivity contribution in [3.8, 4) is 10.1 Å². The minimum Gasteiger partial charge on any atom is -0.484 e. The molecule has 0 aliphatic carbocycles. The molecule has 0 unspecified atom stereocenters. The summed E-state index contributed by atoms with van der Waals surface area (Å²) in [6.07, 6.45) is 4.62. The van der Waals surface area contributed by atoms with Crippen LogP contribution in [-0.4, -0.2) is 13.2 Å². The number of thiophene rings is 2. The second-order valence-electron chi connectivity index (χ2n) is 4.62. The largest absolute Gasteiger partial charge is 0.484 e. The Bertz CT molecular complexity index is 476.